The first kappa shape index (κ1) is 12.0. The molecule has 1 aromatic rings. The van der Waals surface area contributed by atoms with Gasteiger partial charge in [0.05, 0.1) is 6.07 Å². The molecule has 1 saturated heterocycles. The third-order valence-electron chi connectivity index (χ3n) is 2.90. The molecule has 90 valence electrons. The highest BCUT2D eigenvalue weighted by Crippen LogP contribution is 2.23. The van der Waals surface area contributed by atoms with E-state index in [2.05, 4.69) is 11.4 Å². The topological polar surface area (TPSA) is 39.1 Å². The van der Waals surface area contributed by atoms with E-state index in [1.54, 1.807) is 0 Å². The van der Waals surface area contributed by atoms with Crippen molar-refractivity contribution in [2.45, 2.75) is 6.04 Å². The van der Waals surface area contributed by atoms with Gasteiger partial charge < -0.3 is 5.32 Å². The van der Waals surface area contributed by atoms with Crippen LogP contribution in [-0.2, 0) is 0 Å². The molecular weight excluding hydrogens is 224 g/mol. The minimum absolute atomic E-state index is 0.246. The molecule has 2 rings (SSSR count). The summed E-state index contributed by atoms with van der Waals surface area (Å²) in [5, 5.41) is 12.3. The van der Waals surface area contributed by atoms with Crippen molar-refractivity contribution in [3.63, 3.8) is 0 Å². The molecule has 5 heteroatoms. The van der Waals surface area contributed by atoms with Crippen LogP contribution in [0, 0.1) is 23.0 Å². The highest BCUT2D eigenvalue weighted by atomic mass is 19.1. The standard InChI is InChI=1S/C12H13F2N3/c13-9-1-2-10(11(14)7-9)12(8-15)17-5-3-16-4-6-17/h1-2,7,12,16H,3-6H2. The van der Waals surface area contributed by atoms with Gasteiger partial charge in [-0.2, -0.15) is 5.26 Å². The van der Waals surface area contributed by atoms with Crippen LogP contribution in [0.4, 0.5) is 8.78 Å². The van der Waals surface area contributed by atoms with Crippen molar-refractivity contribution in [2.24, 2.45) is 0 Å². The number of benzene rings is 1. The van der Waals surface area contributed by atoms with E-state index in [1.165, 1.54) is 12.1 Å². The van der Waals surface area contributed by atoms with E-state index in [1.807, 2.05) is 4.90 Å². The second-order valence-electron chi connectivity index (χ2n) is 3.98. The van der Waals surface area contributed by atoms with Crippen molar-refractivity contribution in [1.29, 1.82) is 5.26 Å². The normalized spacial score (nSPS) is 18.6. The number of hydrogen-bond donors (Lipinski definition) is 1. The number of rotatable bonds is 2. The van der Waals surface area contributed by atoms with Crippen molar-refractivity contribution in [2.75, 3.05) is 26.2 Å². The second kappa shape index (κ2) is 5.21. The fourth-order valence-electron chi connectivity index (χ4n) is 2.01. The Bertz CT molecular complexity index is 436. The summed E-state index contributed by atoms with van der Waals surface area (Å²) in [5.74, 6) is -1.28. The molecule has 0 radical (unpaired) electrons. The van der Waals surface area contributed by atoms with Gasteiger partial charge in [0, 0.05) is 37.8 Å². The molecule has 1 fully saturated rings. The van der Waals surface area contributed by atoms with Gasteiger partial charge in [-0.15, -0.1) is 0 Å². The monoisotopic (exact) mass is 237 g/mol. The van der Waals surface area contributed by atoms with Crippen molar-refractivity contribution < 1.29 is 8.78 Å². The van der Waals surface area contributed by atoms with Gasteiger partial charge in [-0.1, -0.05) is 6.07 Å². The molecular formula is C12H13F2N3. The molecule has 1 aliphatic heterocycles. The molecule has 1 N–H and O–H groups in total. The fourth-order valence-corrected chi connectivity index (χ4v) is 2.01. The minimum Gasteiger partial charge on any atom is -0.314 e. The smallest absolute Gasteiger partial charge is 0.131 e. The van der Waals surface area contributed by atoms with Gasteiger partial charge in [-0.05, 0) is 6.07 Å². The molecule has 0 aliphatic carbocycles. The van der Waals surface area contributed by atoms with Gasteiger partial charge in [-0.3, -0.25) is 4.90 Å². The number of piperazine rings is 1. The zero-order chi connectivity index (χ0) is 12.3. The van der Waals surface area contributed by atoms with Gasteiger partial charge in [0.2, 0.25) is 0 Å². The molecule has 1 aromatic carbocycles. The average molecular weight is 237 g/mol. The van der Waals surface area contributed by atoms with Gasteiger partial charge in [0.1, 0.15) is 17.7 Å². The van der Waals surface area contributed by atoms with E-state index in [9.17, 15) is 8.78 Å². The van der Waals surface area contributed by atoms with Crippen LogP contribution < -0.4 is 5.32 Å². The lowest BCUT2D eigenvalue weighted by Crippen LogP contribution is -2.45. The lowest BCUT2D eigenvalue weighted by molar-refractivity contribution is 0.204. The molecule has 1 heterocycles. The molecule has 0 spiro atoms. The zero-order valence-corrected chi connectivity index (χ0v) is 9.29. The molecule has 17 heavy (non-hydrogen) atoms. The Kier molecular flexibility index (Phi) is 3.67. The number of nitrogens with one attached hydrogen (secondary N) is 1. The van der Waals surface area contributed by atoms with E-state index in [0.29, 0.717) is 13.1 Å². The third kappa shape index (κ3) is 2.60. The average Bonchev–Trinajstić information content (AvgIpc) is 2.34. The molecule has 3 nitrogen and oxygen atoms in total. The lowest BCUT2D eigenvalue weighted by Gasteiger charge is -2.31. The van der Waals surface area contributed by atoms with E-state index < -0.39 is 17.7 Å². The first-order chi connectivity index (χ1) is 8.22. The number of hydrogen-bond acceptors (Lipinski definition) is 3. The highest BCUT2D eigenvalue weighted by molar-refractivity contribution is 5.26. The molecule has 0 aromatic heterocycles. The molecule has 1 atom stereocenters. The molecule has 0 amide bonds. The summed E-state index contributed by atoms with van der Waals surface area (Å²) in [7, 11) is 0. The maximum atomic E-state index is 13.6. The highest BCUT2D eigenvalue weighted by Gasteiger charge is 2.24. The number of nitriles is 1. The van der Waals surface area contributed by atoms with Gasteiger partial charge in [0.15, 0.2) is 0 Å². The van der Waals surface area contributed by atoms with Crippen molar-refractivity contribution >= 4 is 0 Å². The summed E-state index contributed by atoms with van der Waals surface area (Å²) >= 11 is 0. The summed E-state index contributed by atoms with van der Waals surface area (Å²) in [6, 6.07) is 4.80. The van der Waals surface area contributed by atoms with Gasteiger partial charge in [0.25, 0.3) is 0 Å². The maximum absolute atomic E-state index is 13.6. The first-order valence-electron chi connectivity index (χ1n) is 5.51. The molecule has 1 aliphatic rings. The number of nitrogens with zero attached hydrogens (tertiary/aromatic N) is 2. The van der Waals surface area contributed by atoms with Crippen LogP contribution in [0.25, 0.3) is 0 Å². The van der Waals surface area contributed by atoms with Crippen LogP contribution in [0.5, 0.6) is 0 Å². The van der Waals surface area contributed by atoms with Crippen molar-refractivity contribution in [3.8, 4) is 6.07 Å². The third-order valence-corrected chi connectivity index (χ3v) is 2.90. The molecule has 1 unspecified atom stereocenters. The van der Waals surface area contributed by atoms with E-state index in [0.717, 1.165) is 19.2 Å². The molecule has 0 saturated carbocycles. The van der Waals surface area contributed by atoms with Crippen molar-refractivity contribution in [3.05, 3.63) is 35.4 Å². The number of halogens is 2. The largest absolute Gasteiger partial charge is 0.314 e. The van der Waals surface area contributed by atoms with Crippen LogP contribution in [0.3, 0.4) is 0 Å². The summed E-state index contributed by atoms with van der Waals surface area (Å²) in [5.41, 5.74) is 0.246. The van der Waals surface area contributed by atoms with Crippen LogP contribution in [-0.4, -0.2) is 31.1 Å². The second-order valence-corrected chi connectivity index (χ2v) is 3.98. The summed E-state index contributed by atoms with van der Waals surface area (Å²) in [6.07, 6.45) is 0. The lowest BCUT2D eigenvalue weighted by atomic mass is 10.0. The minimum atomic E-state index is -0.657. The van der Waals surface area contributed by atoms with E-state index >= 15 is 0 Å². The Balaban J connectivity index is 2.25. The molecule has 0 bridgehead atoms. The summed E-state index contributed by atoms with van der Waals surface area (Å²) in [4.78, 5) is 1.90. The Morgan fingerprint density at radius 2 is 2.00 bits per heavy atom. The predicted octanol–water partition coefficient (Wildman–Crippen LogP) is 1.43. The Morgan fingerprint density at radius 3 is 2.59 bits per heavy atom. The van der Waals surface area contributed by atoms with Gasteiger partial charge in [-0.25, -0.2) is 8.78 Å². The quantitative estimate of drug-likeness (QED) is 0.845. The Labute approximate surface area is 98.6 Å². The van der Waals surface area contributed by atoms with Crippen LogP contribution in [0.1, 0.15) is 11.6 Å². The van der Waals surface area contributed by atoms with Crippen LogP contribution in [0.15, 0.2) is 18.2 Å². The Hall–Kier alpha value is -1.51. The van der Waals surface area contributed by atoms with Gasteiger partial charge >= 0.3 is 0 Å². The zero-order valence-electron chi connectivity index (χ0n) is 9.29. The Morgan fingerprint density at radius 1 is 1.29 bits per heavy atom. The fraction of sp³-hybridized carbons (Fsp3) is 0.417. The summed E-state index contributed by atoms with van der Waals surface area (Å²) in [6.45, 7) is 2.94. The van der Waals surface area contributed by atoms with E-state index in [-0.39, 0.29) is 5.56 Å². The van der Waals surface area contributed by atoms with E-state index in [4.69, 9.17) is 5.26 Å². The van der Waals surface area contributed by atoms with Crippen LogP contribution >= 0.6 is 0 Å². The predicted molar refractivity (Wildman–Crippen MR) is 59.2 cm³/mol. The first-order valence-corrected chi connectivity index (χ1v) is 5.51. The van der Waals surface area contributed by atoms with Crippen LogP contribution in [0.2, 0.25) is 0 Å². The maximum Gasteiger partial charge on any atom is 0.131 e. The summed E-state index contributed by atoms with van der Waals surface area (Å²) < 4.78 is 26.4. The van der Waals surface area contributed by atoms with Crippen molar-refractivity contribution in [1.82, 2.24) is 10.2 Å². The SMILES string of the molecule is N#CC(c1ccc(F)cc1F)N1CCNCC1.